The van der Waals surface area contributed by atoms with Crippen LogP contribution in [0.15, 0.2) is 36.4 Å². The first-order valence-corrected chi connectivity index (χ1v) is 7.18. The van der Waals surface area contributed by atoms with Crippen molar-refractivity contribution in [3.8, 4) is 5.75 Å². The number of aliphatic carboxylic acids is 1. The third-order valence-electron chi connectivity index (χ3n) is 3.33. The zero-order valence-electron chi connectivity index (χ0n) is 12.1. The summed E-state index contributed by atoms with van der Waals surface area (Å²) in [6.07, 6.45) is 2.11. The maximum absolute atomic E-state index is 11.9. The number of esters is 1. The van der Waals surface area contributed by atoms with Crippen LogP contribution in [0.25, 0.3) is 10.8 Å². The van der Waals surface area contributed by atoms with E-state index in [1.54, 1.807) is 36.4 Å². The highest BCUT2D eigenvalue weighted by molar-refractivity contribution is 5.95. The van der Waals surface area contributed by atoms with Gasteiger partial charge in [-0.2, -0.15) is 0 Å². The number of hydrogen-bond acceptors (Lipinski definition) is 4. The van der Waals surface area contributed by atoms with Gasteiger partial charge in [-0.3, -0.25) is 4.79 Å². The zero-order valence-corrected chi connectivity index (χ0v) is 12.1. The van der Waals surface area contributed by atoms with Gasteiger partial charge in [-0.05, 0) is 54.3 Å². The van der Waals surface area contributed by atoms with Crippen molar-refractivity contribution in [2.45, 2.75) is 25.7 Å². The lowest BCUT2D eigenvalue weighted by Crippen LogP contribution is -2.06. The van der Waals surface area contributed by atoms with E-state index in [1.807, 2.05) is 0 Å². The summed E-state index contributed by atoms with van der Waals surface area (Å²) in [4.78, 5) is 22.3. The number of rotatable bonds is 7. The Morgan fingerprint density at radius 1 is 0.955 bits per heavy atom. The van der Waals surface area contributed by atoms with E-state index in [1.165, 1.54) is 0 Å². The summed E-state index contributed by atoms with van der Waals surface area (Å²) in [6.45, 7) is 0.284. The molecule has 2 aromatic carbocycles. The maximum atomic E-state index is 11.9. The number of hydrogen-bond donors (Lipinski definition) is 2. The van der Waals surface area contributed by atoms with Crippen LogP contribution < -0.4 is 0 Å². The van der Waals surface area contributed by atoms with Gasteiger partial charge < -0.3 is 14.9 Å². The maximum Gasteiger partial charge on any atom is 0.338 e. The normalized spacial score (nSPS) is 10.5. The molecule has 0 aliphatic carbocycles. The fourth-order valence-corrected chi connectivity index (χ4v) is 2.16. The van der Waals surface area contributed by atoms with Crippen LogP contribution in [0.4, 0.5) is 0 Å². The van der Waals surface area contributed by atoms with Crippen LogP contribution in [0.3, 0.4) is 0 Å². The van der Waals surface area contributed by atoms with Gasteiger partial charge in [0, 0.05) is 6.42 Å². The van der Waals surface area contributed by atoms with Gasteiger partial charge in [-0.25, -0.2) is 4.79 Å². The molecule has 22 heavy (non-hydrogen) atoms. The molecule has 0 saturated carbocycles. The molecule has 0 heterocycles. The van der Waals surface area contributed by atoms with E-state index < -0.39 is 11.9 Å². The van der Waals surface area contributed by atoms with Crippen molar-refractivity contribution < 1.29 is 24.5 Å². The molecule has 5 heteroatoms. The molecule has 2 rings (SSSR count). The standard InChI is InChI=1S/C17H18O5/c18-15-8-7-12-10-14(6-5-13(12)11-15)17(21)22-9-3-1-2-4-16(19)20/h5-8,10-11,18H,1-4,9H2,(H,19,20). The first kappa shape index (κ1) is 15.8. The molecule has 0 atom stereocenters. The lowest BCUT2D eigenvalue weighted by atomic mass is 10.1. The van der Waals surface area contributed by atoms with Gasteiger partial charge >= 0.3 is 11.9 Å². The van der Waals surface area contributed by atoms with E-state index in [0.29, 0.717) is 18.4 Å². The van der Waals surface area contributed by atoms with E-state index in [4.69, 9.17) is 9.84 Å². The number of unbranched alkanes of at least 4 members (excludes halogenated alkanes) is 2. The molecule has 0 radical (unpaired) electrons. The third kappa shape index (κ3) is 4.48. The van der Waals surface area contributed by atoms with Crippen molar-refractivity contribution in [3.63, 3.8) is 0 Å². The Bertz CT molecular complexity index is 678. The molecule has 0 bridgehead atoms. The molecule has 0 fully saturated rings. The number of carbonyl (C=O) groups excluding carboxylic acids is 1. The average molecular weight is 302 g/mol. The Morgan fingerprint density at radius 3 is 2.45 bits per heavy atom. The quantitative estimate of drug-likeness (QED) is 0.605. The number of ether oxygens (including phenoxy) is 1. The summed E-state index contributed by atoms with van der Waals surface area (Å²) in [5.41, 5.74) is 0.462. The first-order valence-electron chi connectivity index (χ1n) is 7.18. The van der Waals surface area contributed by atoms with Crippen LogP contribution in [0.1, 0.15) is 36.0 Å². The minimum atomic E-state index is -0.806. The van der Waals surface area contributed by atoms with E-state index in [2.05, 4.69) is 0 Å². The van der Waals surface area contributed by atoms with Crippen molar-refractivity contribution >= 4 is 22.7 Å². The predicted molar refractivity (Wildman–Crippen MR) is 82.0 cm³/mol. The van der Waals surface area contributed by atoms with Crippen LogP contribution in [0, 0.1) is 0 Å². The van der Waals surface area contributed by atoms with Crippen LogP contribution in [0.2, 0.25) is 0 Å². The molecular weight excluding hydrogens is 284 g/mol. The smallest absolute Gasteiger partial charge is 0.338 e. The highest BCUT2D eigenvalue weighted by Gasteiger charge is 2.08. The van der Waals surface area contributed by atoms with Crippen LogP contribution in [-0.4, -0.2) is 28.8 Å². The number of carbonyl (C=O) groups is 2. The largest absolute Gasteiger partial charge is 0.508 e. The van der Waals surface area contributed by atoms with Gasteiger partial charge in [-0.1, -0.05) is 12.1 Å². The summed E-state index contributed by atoms with van der Waals surface area (Å²) in [7, 11) is 0. The Balaban J connectivity index is 1.85. The van der Waals surface area contributed by atoms with E-state index in [9.17, 15) is 14.7 Å². The lowest BCUT2D eigenvalue weighted by molar-refractivity contribution is -0.137. The van der Waals surface area contributed by atoms with Gasteiger partial charge in [0.1, 0.15) is 5.75 Å². The second kappa shape index (κ2) is 7.45. The van der Waals surface area contributed by atoms with Gasteiger partial charge in [-0.15, -0.1) is 0 Å². The van der Waals surface area contributed by atoms with Crippen molar-refractivity contribution in [2.24, 2.45) is 0 Å². The van der Waals surface area contributed by atoms with Crippen LogP contribution >= 0.6 is 0 Å². The minimum Gasteiger partial charge on any atom is -0.508 e. The lowest BCUT2D eigenvalue weighted by Gasteiger charge is -2.06. The first-order chi connectivity index (χ1) is 10.6. The molecule has 0 spiro atoms. The molecule has 0 aliphatic rings. The number of benzene rings is 2. The van der Waals surface area contributed by atoms with E-state index in [-0.39, 0.29) is 18.8 Å². The topological polar surface area (TPSA) is 83.8 Å². The van der Waals surface area contributed by atoms with Gasteiger partial charge in [0.15, 0.2) is 0 Å². The van der Waals surface area contributed by atoms with E-state index >= 15 is 0 Å². The molecule has 5 nitrogen and oxygen atoms in total. The number of phenols is 1. The molecule has 0 aliphatic heterocycles. The molecular formula is C17H18O5. The van der Waals surface area contributed by atoms with Crippen LogP contribution in [0.5, 0.6) is 5.75 Å². The van der Waals surface area contributed by atoms with Crippen LogP contribution in [-0.2, 0) is 9.53 Å². The Morgan fingerprint density at radius 2 is 1.68 bits per heavy atom. The number of phenolic OH excluding ortho intramolecular Hbond substituents is 1. The number of carboxylic acids is 1. The highest BCUT2D eigenvalue weighted by atomic mass is 16.5. The Hall–Kier alpha value is -2.56. The molecule has 2 aromatic rings. The monoisotopic (exact) mass is 302 g/mol. The van der Waals surface area contributed by atoms with Crippen molar-refractivity contribution in [1.82, 2.24) is 0 Å². The van der Waals surface area contributed by atoms with Crippen molar-refractivity contribution in [1.29, 1.82) is 0 Å². The summed E-state index contributed by atoms with van der Waals surface area (Å²) in [5, 5.41) is 19.6. The molecule has 116 valence electrons. The number of aromatic hydroxyl groups is 1. The van der Waals surface area contributed by atoms with Gasteiger partial charge in [0.25, 0.3) is 0 Å². The van der Waals surface area contributed by atoms with Crippen molar-refractivity contribution in [2.75, 3.05) is 6.61 Å². The summed E-state index contributed by atoms with van der Waals surface area (Å²) < 4.78 is 5.17. The third-order valence-corrected chi connectivity index (χ3v) is 3.33. The summed E-state index contributed by atoms with van der Waals surface area (Å²) in [5.74, 6) is -1.02. The Labute approximate surface area is 128 Å². The molecule has 0 saturated heterocycles. The molecule has 0 aromatic heterocycles. The second-order valence-corrected chi connectivity index (χ2v) is 5.09. The number of carboxylic acid groups (broad SMARTS) is 1. The summed E-state index contributed by atoms with van der Waals surface area (Å²) in [6, 6.07) is 10.1. The van der Waals surface area contributed by atoms with E-state index in [0.717, 1.165) is 17.2 Å². The molecule has 2 N–H and O–H groups in total. The predicted octanol–water partition coefficient (Wildman–Crippen LogP) is 3.35. The Kier molecular flexibility index (Phi) is 5.36. The average Bonchev–Trinajstić information content (AvgIpc) is 2.49. The van der Waals surface area contributed by atoms with Gasteiger partial charge in [0.2, 0.25) is 0 Å². The second-order valence-electron chi connectivity index (χ2n) is 5.09. The fraction of sp³-hybridized carbons (Fsp3) is 0.294. The highest BCUT2D eigenvalue weighted by Crippen LogP contribution is 2.21. The van der Waals surface area contributed by atoms with Gasteiger partial charge in [0.05, 0.1) is 12.2 Å². The number of fused-ring (bicyclic) bond motifs is 1. The zero-order chi connectivity index (χ0) is 15.9. The molecule has 0 amide bonds. The molecule has 0 unspecified atom stereocenters. The van der Waals surface area contributed by atoms with Crippen molar-refractivity contribution in [3.05, 3.63) is 42.0 Å². The summed E-state index contributed by atoms with van der Waals surface area (Å²) >= 11 is 0. The minimum absolute atomic E-state index is 0.144. The fourth-order valence-electron chi connectivity index (χ4n) is 2.16. The SMILES string of the molecule is O=C(O)CCCCCOC(=O)c1ccc2cc(O)ccc2c1.